The minimum atomic E-state index is -0.125. The van der Waals surface area contributed by atoms with Crippen molar-refractivity contribution in [2.24, 2.45) is 0 Å². The van der Waals surface area contributed by atoms with Gasteiger partial charge in [-0.25, -0.2) is 0 Å². The largest absolute Gasteiger partial charge is 0.394 e. The van der Waals surface area contributed by atoms with Gasteiger partial charge in [-0.3, -0.25) is 0 Å². The fourth-order valence-corrected chi connectivity index (χ4v) is 1.34. The molecule has 0 aliphatic heterocycles. The Morgan fingerprint density at radius 2 is 1.10 bits per heavy atom. The maximum atomic E-state index is 7.62. The number of ether oxygens (including phenoxy) is 1. The number of aliphatic hydroxyl groups excluding tert-OH is 2. The lowest BCUT2D eigenvalue weighted by Gasteiger charge is -1.95. The fraction of sp³-hybridized carbons (Fsp3) is 0.556. The van der Waals surface area contributed by atoms with E-state index < -0.39 is 0 Å². The molecular formula is C18H32O3. The van der Waals surface area contributed by atoms with Crippen molar-refractivity contribution in [3.63, 3.8) is 0 Å². The van der Waals surface area contributed by atoms with Crippen molar-refractivity contribution < 1.29 is 14.9 Å². The van der Waals surface area contributed by atoms with Crippen LogP contribution in [-0.2, 0) is 4.74 Å². The predicted molar refractivity (Wildman–Crippen MR) is 91.4 cm³/mol. The lowest BCUT2D eigenvalue weighted by atomic mass is 10.2. The Kier molecular flexibility index (Phi) is 25.2. The first kappa shape index (κ1) is 22.1. The van der Waals surface area contributed by atoms with Crippen molar-refractivity contribution in [3.8, 4) is 0 Å². The molecule has 0 aromatic carbocycles. The number of unbranched alkanes of at least 4 members (excludes halogenated alkanes) is 4. The zero-order chi connectivity index (χ0) is 16.0. The van der Waals surface area contributed by atoms with Gasteiger partial charge in [0, 0.05) is 0 Å². The van der Waals surface area contributed by atoms with Crippen LogP contribution in [0.4, 0.5) is 0 Å². The number of hydrogen-bond donors (Lipinski definition) is 2. The van der Waals surface area contributed by atoms with Crippen LogP contribution in [0.15, 0.2) is 49.6 Å². The van der Waals surface area contributed by atoms with Crippen molar-refractivity contribution >= 4 is 0 Å². The van der Waals surface area contributed by atoms with Crippen LogP contribution < -0.4 is 0 Å². The molecule has 0 aromatic heterocycles. The Balaban J connectivity index is 0. The van der Waals surface area contributed by atoms with Crippen LogP contribution in [0.5, 0.6) is 0 Å². The summed E-state index contributed by atoms with van der Waals surface area (Å²) in [5.74, 6) is 0. The molecule has 0 radical (unpaired) electrons. The van der Waals surface area contributed by atoms with Crippen LogP contribution in [0.2, 0.25) is 0 Å². The highest BCUT2D eigenvalue weighted by Crippen LogP contribution is 1.97. The van der Waals surface area contributed by atoms with E-state index in [1.807, 2.05) is 12.2 Å². The van der Waals surface area contributed by atoms with Gasteiger partial charge < -0.3 is 14.9 Å². The number of allylic oxidation sites excluding steroid dienone is 4. The van der Waals surface area contributed by atoms with E-state index in [4.69, 9.17) is 14.9 Å². The Bertz CT molecular complexity index is 231. The lowest BCUT2D eigenvalue weighted by molar-refractivity contribution is 0.186. The molecule has 2 N–H and O–H groups in total. The van der Waals surface area contributed by atoms with Gasteiger partial charge in [-0.2, -0.15) is 0 Å². The van der Waals surface area contributed by atoms with Gasteiger partial charge in [-0.15, -0.1) is 13.2 Å². The zero-order valence-electron chi connectivity index (χ0n) is 13.3. The third-order valence-corrected chi connectivity index (χ3v) is 2.42. The molecule has 0 atom stereocenters. The van der Waals surface area contributed by atoms with Gasteiger partial charge >= 0.3 is 0 Å². The summed E-state index contributed by atoms with van der Waals surface area (Å²) >= 11 is 0. The molecule has 0 aliphatic carbocycles. The molecular weight excluding hydrogens is 264 g/mol. The maximum Gasteiger partial charge on any atom is 0.0662 e. The average molecular weight is 296 g/mol. The average Bonchev–Trinajstić information content (AvgIpc) is 2.52. The molecule has 0 saturated heterocycles. The van der Waals surface area contributed by atoms with E-state index in [-0.39, 0.29) is 13.2 Å². The highest BCUT2D eigenvalue weighted by Gasteiger charge is 1.82. The fourth-order valence-electron chi connectivity index (χ4n) is 1.34. The van der Waals surface area contributed by atoms with E-state index in [1.54, 1.807) is 0 Å². The minimum absolute atomic E-state index is 0.125. The molecule has 0 rings (SSSR count). The van der Waals surface area contributed by atoms with E-state index >= 15 is 0 Å². The molecule has 21 heavy (non-hydrogen) atoms. The summed E-state index contributed by atoms with van der Waals surface area (Å²) in [4.78, 5) is 0. The van der Waals surface area contributed by atoms with Crippen LogP contribution in [0, 0.1) is 0 Å². The Hall–Kier alpha value is -1.16. The summed E-state index contributed by atoms with van der Waals surface area (Å²) in [5.41, 5.74) is 0. The maximum absolute atomic E-state index is 7.62. The normalized spacial score (nSPS) is 10.6. The van der Waals surface area contributed by atoms with Crippen molar-refractivity contribution in [2.75, 3.05) is 26.4 Å². The molecule has 0 bridgehead atoms. The molecule has 0 aliphatic rings. The van der Waals surface area contributed by atoms with Crippen LogP contribution in [0.25, 0.3) is 0 Å². The van der Waals surface area contributed by atoms with Crippen LogP contribution in [0.3, 0.4) is 0 Å². The van der Waals surface area contributed by atoms with Gasteiger partial charge in [-0.1, -0.05) is 36.5 Å². The van der Waals surface area contributed by atoms with Gasteiger partial charge in [0.25, 0.3) is 0 Å². The van der Waals surface area contributed by atoms with Crippen molar-refractivity contribution in [1.29, 1.82) is 0 Å². The third-order valence-electron chi connectivity index (χ3n) is 2.42. The smallest absolute Gasteiger partial charge is 0.0662 e. The van der Waals surface area contributed by atoms with Crippen LogP contribution >= 0.6 is 0 Å². The van der Waals surface area contributed by atoms with Gasteiger partial charge in [0.05, 0.1) is 26.4 Å². The Morgan fingerprint density at radius 1 is 0.667 bits per heavy atom. The summed E-state index contributed by atoms with van der Waals surface area (Å²) in [6.07, 6.45) is 19.3. The second kappa shape index (κ2) is 23.9. The van der Waals surface area contributed by atoms with E-state index in [9.17, 15) is 0 Å². The number of aliphatic hydroxyl groups is 2. The quantitative estimate of drug-likeness (QED) is 0.401. The first-order valence-electron chi connectivity index (χ1n) is 7.64. The Labute approximate surface area is 130 Å². The SMILES string of the molecule is C=CCCC/C=C/COC/C=C/CCCC=C.OCCO. The van der Waals surface area contributed by atoms with Crippen molar-refractivity contribution in [3.05, 3.63) is 49.6 Å². The van der Waals surface area contributed by atoms with Gasteiger partial charge in [0.2, 0.25) is 0 Å². The molecule has 3 nitrogen and oxygen atoms in total. The summed E-state index contributed by atoms with van der Waals surface area (Å²) in [5, 5.41) is 15.2. The Morgan fingerprint density at radius 3 is 1.43 bits per heavy atom. The van der Waals surface area contributed by atoms with E-state index in [0.717, 1.165) is 25.7 Å². The van der Waals surface area contributed by atoms with Gasteiger partial charge in [0.15, 0.2) is 0 Å². The van der Waals surface area contributed by atoms with E-state index in [0.29, 0.717) is 13.2 Å². The highest BCUT2D eigenvalue weighted by molar-refractivity contribution is 4.85. The van der Waals surface area contributed by atoms with Crippen molar-refractivity contribution in [1.82, 2.24) is 0 Å². The molecule has 0 amide bonds. The molecule has 0 spiro atoms. The van der Waals surface area contributed by atoms with Crippen molar-refractivity contribution in [2.45, 2.75) is 38.5 Å². The first-order chi connectivity index (χ1) is 10.3. The third kappa shape index (κ3) is 27.9. The van der Waals surface area contributed by atoms with Gasteiger partial charge in [-0.05, 0) is 38.5 Å². The first-order valence-corrected chi connectivity index (χ1v) is 7.64. The summed E-state index contributed by atoms with van der Waals surface area (Å²) in [6, 6.07) is 0. The molecule has 0 heterocycles. The number of rotatable bonds is 13. The molecule has 3 heteroatoms. The summed E-state index contributed by atoms with van der Waals surface area (Å²) in [6.45, 7) is 8.56. The highest BCUT2D eigenvalue weighted by atomic mass is 16.5. The minimum Gasteiger partial charge on any atom is -0.394 e. The second-order valence-corrected chi connectivity index (χ2v) is 4.37. The standard InChI is InChI=1S/C16H26O.C2H6O2/c1-3-5-7-9-11-13-15-17-16-14-12-10-8-6-4-2;3-1-2-4/h3-4,11-14H,1-2,5-10,15-16H2;3-4H,1-2H2/b13-11+,14-12+;. The molecule has 0 fully saturated rings. The summed E-state index contributed by atoms with van der Waals surface area (Å²) < 4.78 is 5.43. The van der Waals surface area contributed by atoms with E-state index in [2.05, 4.69) is 37.5 Å². The summed E-state index contributed by atoms with van der Waals surface area (Å²) in [7, 11) is 0. The van der Waals surface area contributed by atoms with Crippen LogP contribution in [0.1, 0.15) is 38.5 Å². The molecule has 0 unspecified atom stereocenters. The predicted octanol–water partition coefficient (Wildman–Crippen LogP) is 3.80. The monoisotopic (exact) mass is 296 g/mol. The number of hydrogen-bond acceptors (Lipinski definition) is 3. The molecule has 0 saturated carbocycles. The van der Waals surface area contributed by atoms with Crippen LogP contribution in [-0.4, -0.2) is 36.6 Å². The van der Waals surface area contributed by atoms with Gasteiger partial charge in [0.1, 0.15) is 0 Å². The van der Waals surface area contributed by atoms with E-state index in [1.165, 1.54) is 12.8 Å². The topological polar surface area (TPSA) is 49.7 Å². The molecule has 122 valence electrons. The zero-order valence-corrected chi connectivity index (χ0v) is 13.3. The lowest BCUT2D eigenvalue weighted by Crippen LogP contribution is -1.90. The molecule has 0 aromatic rings. The second-order valence-electron chi connectivity index (χ2n) is 4.37.